The summed E-state index contributed by atoms with van der Waals surface area (Å²) in [7, 11) is 0. The molecule has 1 fully saturated rings. The standard InChI is InChI=1S/C32H35BrF3N5O4/c33-25-14-24(32(34,35)36)15-26(16-25)40-31(39-19-37)41(27-12-10-22(11-13-27)21-4-2-1-3-5-21)18-20-6-8-23(9-7-20)29(43)38-17-28(42)30(44)45/h6-16,21,28,42H,1-5,17-19,37H2,(H,38,43)(H,39,40)(H,44,45)/t28-/m1/s1. The lowest BCUT2D eigenvalue weighted by Gasteiger charge is -2.28. The molecule has 0 aromatic heterocycles. The van der Waals surface area contributed by atoms with E-state index in [1.807, 2.05) is 12.1 Å². The minimum absolute atomic E-state index is 0.138. The molecule has 1 saturated carbocycles. The number of guanidine groups is 1. The SMILES string of the molecule is NC/N=C(/Nc1cc(Br)cc(C(F)(F)F)c1)N(Cc1ccc(C(=O)NC[C@@H](O)C(=O)O)cc1)c1ccc(C2CCCCC2)cc1. The van der Waals surface area contributed by atoms with Gasteiger partial charge in [0.2, 0.25) is 5.96 Å². The van der Waals surface area contributed by atoms with Crippen molar-refractivity contribution >= 4 is 45.1 Å². The number of nitrogens with two attached hydrogens (primary N) is 1. The largest absolute Gasteiger partial charge is 0.479 e. The lowest BCUT2D eigenvalue weighted by molar-refractivity contribution is -0.146. The van der Waals surface area contributed by atoms with E-state index < -0.39 is 36.3 Å². The first-order valence-electron chi connectivity index (χ1n) is 14.5. The van der Waals surface area contributed by atoms with Crippen molar-refractivity contribution in [2.75, 3.05) is 23.4 Å². The van der Waals surface area contributed by atoms with Crippen molar-refractivity contribution in [1.82, 2.24) is 5.32 Å². The molecule has 0 aliphatic heterocycles. The van der Waals surface area contributed by atoms with Crippen LogP contribution in [-0.2, 0) is 17.5 Å². The van der Waals surface area contributed by atoms with Gasteiger partial charge in [-0.25, -0.2) is 9.79 Å². The number of hydrogen-bond acceptors (Lipinski definition) is 5. The Hall–Kier alpha value is -3.94. The number of aliphatic imine (C=N–C) groups is 1. The van der Waals surface area contributed by atoms with Crippen LogP contribution in [0.25, 0.3) is 0 Å². The molecule has 0 spiro atoms. The van der Waals surface area contributed by atoms with Crippen molar-refractivity contribution in [1.29, 1.82) is 0 Å². The highest BCUT2D eigenvalue weighted by atomic mass is 79.9. The van der Waals surface area contributed by atoms with E-state index in [-0.39, 0.29) is 34.9 Å². The predicted octanol–water partition coefficient (Wildman–Crippen LogP) is 6.08. The zero-order valence-electron chi connectivity index (χ0n) is 24.4. The summed E-state index contributed by atoms with van der Waals surface area (Å²) in [5, 5.41) is 23.7. The second-order valence-corrected chi connectivity index (χ2v) is 11.7. The van der Waals surface area contributed by atoms with Crippen LogP contribution in [0.5, 0.6) is 0 Å². The summed E-state index contributed by atoms with van der Waals surface area (Å²) in [6.07, 6.45) is -0.402. The lowest BCUT2D eigenvalue weighted by atomic mass is 9.84. The topological polar surface area (TPSA) is 140 Å². The van der Waals surface area contributed by atoms with Crippen LogP contribution >= 0.6 is 15.9 Å². The number of amides is 1. The molecule has 13 heteroatoms. The number of halogens is 4. The molecule has 0 bridgehead atoms. The third-order valence-corrected chi connectivity index (χ3v) is 8.01. The number of aliphatic hydroxyl groups excluding tert-OH is 1. The minimum Gasteiger partial charge on any atom is -0.479 e. The van der Waals surface area contributed by atoms with Gasteiger partial charge >= 0.3 is 12.1 Å². The molecular formula is C32H35BrF3N5O4. The van der Waals surface area contributed by atoms with E-state index >= 15 is 0 Å². The molecule has 0 saturated heterocycles. The van der Waals surface area contributed by atoms with Crippen molar-refractivity contribution in [3.63, 3.8) is 0 Å². The summed E-state index contributed by atoms with van der Waals surface area (Å²) in [6.45, 7) is -0.369. The van der Waals surface area contributed by atoms with E-state index in [0.717, 1.165) is 36.2 Å². The van der Waals surface area contributed by atoms with Crippen LogP contribution in [0, 0.1) is 0 Å². The van der Waals surface area contributed by atoms with Crippen LogP contribution in [0.3, 0.4) is 0 Å². The van der Waals surface area contributed by atoms with Gasteiger partial charge in [-0.05, 0) is 72.4 Å². The maximum atomic E-state index is 13.6. The number of alkyl halides is 3. The summed E-state index contributed by atoms with van der Waals surface area (Å²) in [6, 6.07) is 18.1. The molecule has 3 aromatic carbocycles. The van der Waals surface area contributed by atoms with Gasteiger partial charge in [0.25, 0.3) is 5.91 Å². The van der Waals surface area contributed by atoms with E-state index in [0.29, 0.717) is 5.92 Å². The fraction of sp³-hybridized carbons (Fsp3) is 0.344. The van der Waals surface area contributed by atoms with Gasteiger partial charge in [-0.2, -0.15) is 13.2 Å². The van der Waals surface area contributed by atoms with Crippen molar-refractivity contribution < 1.29 is 33.0 Å². The van der Waals surface area contributed by atoms with Gasteiger partial charge < -0.3 is 31.5 Å². The van der Waals surface area contributed by atoms with E-state index in [4.69, 9.17) is 10.8 Å². The number of aliphatic carboxylic acids is 1. The fourth-order valence-corrected chi connectivity index (χ4v) is 5.70. The number of nitrogens with zero attached hydrogens (tertiary/aromatic N) is 2. The molecule has 1 aliphatic carbocycles. The first-order chi connectivity index (χ1) is 21.4. The van der Waals surface area contributed by atoms with E-state index in [1.165, 1.54) is 30.9 Å². The predicted molar refractivity (Wildman–Crippen MR) is 170 cm³/mol. The molecule has 1 aliphatic rings. The number of carboxylic acids is 1. The summed E-state index contributed by atoms with van der Waals surface area (Å²) in [5.74, 6) is -1.30. The number of rotatable bonds is 10. The van der Waals surface area contributed by atoms with Gasteiger partial charge in [-0.3, -0.25) is 4.79 Å². The van der Waals surface area contributed by atoms with Crippen LogP contribution in [0.15, 0.2) is 76.2 Å². The molecule has 0 heterocycles. The fourth-order valence-electron chi connectivity index (χ4n) is 5.21. The zero-order valence-corrected chi connectivity index (χ0v) is 25.9. The number of nitrogens with one attached hydrogen (secondary N) is 2. The van der Waals surface area contributed by atoms with Crippen molar-refractivity contribution in [3.8, 4) is 0 Å². The van der Waals surface area contributed by atoms with Crippen LogP contribution in [-0.4, -0.2) is 47.4 Å². The van der Waals surface area contributed by atoms with Gasteiger partial charge in [-0.1, -0.05) is 59.5 Å². The molecule has 3 aromatic rings. The highest BCUT2D eigenvalue weighted by Crippen LogP contribution is 2.35. The van der Waals surface area contributed by atoms with Crippen LogP contribution in [0.2, 0.25) is 0 Å². The van der Waals surface area contributed by atoms with Crippen molar-refractivity contribution in [2.45, 2.75) is 56.8 Å². The molecule has 1 amide bonds. The smallest absolute Gasteiger partial charge is 0.416 e. The van der Waals surface area contributed by atoms with E-state index in [2.05, 4.69) is 43.7 Å². The molecule has 240 valence electrons. The average Bonchev–Trinajstić information content (AvgIpc) is 3.02. The number of aliphatic hydroxyl groups is 1. The summed E-state index contributed by atoms with van der Waals surface area (Å²) in [4.78, 5) is 29.5. The first kappa shape index (κ1) is 33.9. The summed E-state index contributed by atoms with van der Waals surface area (Å²) < 4.78 is 41.0. The van der Waals surface area contributed by atoms with Crippen LogP contribution in [0.4, 0.5) is 24.5 Å². The quantitative estimate of drug-likeness (QED) is 0.128. The number of carbonyl (C=O) groups is 2. The van der Waals surface area contributed by atoms with Gasteiger partial charge in [0.05, 0.1) is 25.3 Å². The Balaban J connectivity index is 1.63. The molecule has 1 atom stereocenters. The third-order valence-electron chi connectivity index (χ3n) is 7.56. The van der Waals surface area contributed by atoms with Gasteiger partial charge in [0.1, 0.15) is 0 Å². The third kappa shape index (κ3) is 9.52. The Morgan fingerprint density at radius 3 is 2.29 bits per heavy atom. The minimum atomic E-state index is -4.56. The highest BCUT2D eigenvalue weighted by molar-refractivity contribution is 9.10. The first-order valence-corrected chi connectivity index (χ1v) is 15.3. The van der Waals surface area contributed by atoms with Crippen LogP contribution in [0.1, 0.15) is 65.1 Å². The molecule has 6 N–H and O–H groups in total. The van der Waals surface area contributed by atoms with Crippen LogP contribution < -0.4 is 21.3 Å². The molecule has 4 rings (SSSR count). The monoisotopic (exact) mass is 689 g/mol. The van der Waals surface area contributed by atoms with Crippen molar-refractivity contribution in [2.24, 2.45) is 10.7 Å². The van der Waals surface area contributed by atoms with Crippen molar-refractivity contribution in [3.05, 3.63) is 93.5 Å². The van der Waals surface area contributed by atoms with Gasteiger partial charge in [0, 0.05) is 21.4 Å². The number of benzene rings is 3. The Kier molecular flexibility index (Phi) is 11.6. The second-order valence-electron chi connectivity index (χ2n) is 10.8. The highest BCUT2D eigenvalue weighted by Gasteiger charge is 2.31. The molecule has 45 heavy (non-hydrogen) atoms. The number of carbonyl (C=O) groups excluding carboxylic acids is 1. The van der Waals surface area contributed by atoms with E-state index in [9.17, 15) is 27.9 Å². The molecule has 0 unspecified atom stereocenters. The van der Waals surface area contributed by atoms with Gasteiger partial charge in [-0.15, -0.1) is 0 Å². The normalized spacial score (nSPS) is 14.9. The Labute approximate surface area is 267 Å². The maximum absolute atomic E-state index is 13.6. The summed E-state index contributed by atoms with van der Waals surface area (Å²) >= 11 is 3.17. The van der Waals surface area contributed by atoms with E-state index in [1.54, 1.807) is 29.2 Å². The molecule has 0 radical (unpaired) electrons. The average molecular weight is 691 g/mol. The maximum Gasteiger partial charge on any atom is 0.416 e. The Morgan fingerprint density at radius 1 is 1.02 bits per heavy atom. The Bertz CT molecular complexity index is 1490. The second kappa shape index (κ2) is 15.4. The molecule has 9 nitrogen and oxygen atoms in total. The zero-order chi connectivity index (χ0) is 32.6. The number of anilines is 2. The number of carboxylic acid groups (broad SMARTS) is 1. The summed E-state index contributed by atoms with van der Waals surface area (Å²) in [5.41, 5.74) is 8.09. The number of hydrogen-bond donors (Lipinski definition) is 5. The Morgan fingerprint density at radius 2 is 1.69 bits per heavy atom. The lowest BCUT2D eigenvalue weighted by Crippen LogP contribution is -2.37. The molecular weight excluding hydrogens is 655 g/mol. The van der Waals surface area contributed by atoms with Gasteiger partial charge in [0.15, 0.2) is 6.10 Å².